The van der Waals surface area contributed by atoms with Crippen LogP contribution in [0.4, 0.5) is 4.79 Å². The van der Waals surface area contributed by atoms with E-state index in [0.717, 1.165) is 19.3 Å². The van der Waals surface area contributed by atoms with Crippen molar-refractivity contribution in [2.75, 3.05) is 26.7 Å². The van der Waals surface area contributed by atoms with Crippen LogP contribution in [0.1, 0.15) is 83.7 Å². The Hall–Kier alpha value is -5.36. The number of ketones is 1. The molecule has 0 aromatic heterocycles. The molecule has 0 radical (unpaired) electrons. The summed E-state index contributed by atoms with van der Waals surface area (Å²) in [5.41, 5.74) is 0.495. The molecule has 59 heavy (non-hydrogen) atoms. The van der Waals surface area contributed by atoms with E-state index in [1.165, 1.54) is 24.1 Å². The SMILES string of the molecule is CCCC(NC(=O)C1CC(NS(=O)(=O)c2ccccc2)CN1C(=O)C(NC(=O)OCC(C)C)C1CCCCC1)C(=O)C(=O)NCC(=O)NC(C(=O)NC)c1ccccc1. The second-order valence-electron chi connectivity index (χ2n) is 15.3. The summed E-state index contributed by atoms with van der Waals surface area (Å²) in [6.07, 6.45) is 3.29. The van der Waals surface area contributed by atoms with Crippen molar-refractivity contribution in [3.8, 4) is 0 Å². The predicted octanol–water partition coefficient (Wildman–Crippen LogP) is 1.84. The van der Waals surface area contributed by atoms with Crippen molar-refractivity contribution in [1.29, 1.82) is 0 Å². The third kappa shape index (κ3) is 13.3. The van der Waals surface area contributed by atoms with Gasteiger partial charge in [-0.25, -0.2) is 17.9 Å². The Morgan fingerprint density at radius 2 is 1.51 bits per heavy atom. The predicted molar refractivity (Wildman–Crippen MR) is 217 cm³/mol. The summed E-state index contributed by atoms with van der Waals surface area (Å²) in [5, 5.41) is 12.6. The van der Waals surface area contributed by atoms with Gasteiger partial charge in [0, 0.05) is 19.6 Å². The number of nitrogens with one attached hydrogen (secondary N) is 6. The maximum Gasteiger partial charge on any atom is 0.407 e. The molecule has 1 saturated heterocycles. The average Bonchev–Trinajstić information content (AvgIpc) is 3.66. The van der Waals surface area contributed by atoms with Gasteiger partial charge in [0.15, 0.2) is 0 Å². The van der Waals surface area contributed by atoms with Crippen molar-refractivity contribution in [3.05, 3.63) is 66.2 Å². The number of ether oxygens (including phenoxy) is 1. The lowest BCUT2D eigenvalue weighted by Crippen LogP contribution is -2.58. The zero-order valence-electron chi connectivity index (χ0n) is 34.0. The molecule has 6 N–H and O–H groups in total. The van der Waals surface area contributed by atoms with E-state index in [0.29, 0.717) is 24.8 Å². The number of nitrogens with zero attached hydrogens (tertiary/aromatic N) is 1. The number of likely N-dealkylation sites (N-methyl/N-ethyl adjacent to an activating group) is 1. The van der Waals surface area contributed by atoms with Gasteiger partial charge in [0.2, 0.25) is 39.4 Å². The lowest BCUT2D eigenvalue weighted by Gasteiger charge is -2.34. The minimum Gasteiger partial charge on any atom is -0.449 e. The first-order chi connectivity index (χ1) is 28.1. The third-order valence-corrected chi connectivity index (χ3v) is 11.8. The second-order valence-corrected chi connectivity index (χ2v) is 17.0. The van der Waals surface area contributed by atoms with E-state index in [-0.39, 0.29) is 42.7 Å². The zero-order valence-corrected chi connectivity index (χ0v) is 34.8. The van der Waals surface area contributed by atoms with Crippen molar-refractivity contribution in [2.45, 2.75) is 107 Å². The summed E-state index contributed by atoms with van der Waals surface area (Å²) in [4.78, 5) is 94.9. The molecule has 2 aromatic rings. The summed E-state index contributed by atoms with van der Waals surface area (Å²) in [6, 6.07) is 10.3. The van der Waals surface area contributed by atoms with Crippen molar-refractivity contribution in [2.24, 2.45) is 11.8 Å². The normalized spacial score (nSPS) is 18.5. The highest BCUT2D eigenvalue weighted by molar-refractivity contribution is 7.89. The number of carbonyl (C=O) groups is 7. The number of hydrogen-bond acceptors (Lipinski definition) is 10. The van der Waals surface area contributed by atoms with E-state index in [1.807, 2.05) is 13.8 Å². The minimum atomic E-state index is -4.09. The van der Waals surface area contributed by atoms with E-state index in [4.69, 9.17) is 4.74 Å². The van der Waals surface area contributed by atoms with Gasteiger partial charge in [0.05, 0.1) is 24.1 Å². The monoisotopic (exact) mass is 839 g/mol. The number of hydrogen-bond donors (Lipinski definition) is 6. The van der Waals surface area contributed by atoms with Gasteiger partial charge in [0.25, 0.3) is 5.91 Å². The van der Waals surface area contributed by atoms with Gasteiger partial charge in [0.1, 0.15) is 18.1 Å². The van der Waals surface area contributed by atoms with Crippen LogP contribution < -0.4 is 31.3 Å². The third-order valence-electron chi connectivity index (χ3n) is 10.3. The summed E-state index contributed by atoms with van der Waals surface area (Å²) >= 11 is 0. The lowest BCUT2D eigenvalue weighted by atomic mass is 9.83. The molecule has 2 fully saturated rings. The number of carbonyl (C=O) groups excluding carboxylic acids is 7. The van der Waals surface area contributed by atoms with Crippen molar-refractivity contribution in [3.63, 3.8) is 0 Å². The molecular formula is C41H57N7O10S. The first kappa shape index (κ1) is 46.3. The van der Waals surface area contributed by atoms with E-state index in [1.54, 1.807) is 55.5 Å². The molecule has 5 unspecified atom stereocenters. The van der Waals surface area contributed by atoms with Crippen LogP contribution in [0.15, 0.2) is 65.6 Å². The van der Waals surface area contributed by atoms with Gasteiger partial charge in [-0.05, 0) is 55.2 Å². The first-order valence-corrected chi connectivity index (χ1v) is 21.6. The average molecular weight is 840 g/mol. The van der Waals surface area contributed by atoms with Crippen molar-refractivity contribution in [1.82, 2.24) is 36.2 Å². The first-order valence-electron chi connectivity index (χ1n) is 20.1. The van der Waals surface area contributed by atoms with Gasteiger partial charge in [-0.3, -0.25) is 28.8 Å². The van der Waals surface area contributed by atoms with Crippen LogP contribution in [0.2, 0.25) is 0 Å². The van der Waals surface area contributed by atoms with Crippen molar-refractivity contribution >= 4 is 51.4 Å². The van der Waals surface area contributed by atoms with Crippen LogP contribution in [0, 0.1) is 11.8 Å². The number of alkyl carbamates (subject to hydrolysis) is 1. The fourth-order valence-electron chi connectivity index (χ4n) is 7.27. The number of amides is 6. The summed E-state index contributed by atoms with van der Waals surface area (Å²) < 4.78 is 34.7. The molecule has 6 amide bonds. The topological polar surface area (TPSA) is 238 Å². The molecule has 2 aromatic carbocycles. The molecule has 17 nitrogen and oxygen atoms in total. The summed E-state index contributed by atoms with van der Waals surface area (Å²) in [7, 11) is -2.68. The Balaban J connectivity index is 1.53. The quantitative estimate of drug-likeness (QED) is 0.112. The molecule has 1 aliphatic heterocycles. The van der Waals surface area contributed by atoms with Crippen LogP contribution in [0.25, 0.3) is 0 Å². The van der Waals surface area contributed by atoms with E-state index < -0.39 is 88.2 Å². The molecule has 1 heterocycles. The highest BCUT2D eigenvalue weighted by Crippen LogP contribution is 2.30. The fraction of sp³-hybridized carbons (Fsp3) is 0.537. The van der Waals surface area contributed by atoms with Gasteiger partial charge in [-0.1, -0.05) is 95.0 Å². The van der Waals surface area contributed by atoms with Crippen LogP contribution in [-0.4, -0.2) is 106 Å². The van der Waals surface area contributed by atoms with Crippen molar-refractivity contribution < 1.29 is 46.7 Å². The Morgan fingerprint density at radius 1 is 0.864 bits per heavy atom. The Morgan fingerprint density at radius 3 is 2.12 bits per heavy atom. The molecule has 2 aliphatic rings. The van der Waals surface area contributed by atoms with Crippen LogP contribution >= 0.6 is 0 Å². The molecule has 0 bridgehead atoms. The summed E-state index contributed by atoms with van der Waals surface area (Å²) in [5.74, 6) is -5.12. The highest BCUT2D eigenvalue weighted by Gasteiger charge is 2.46. The molecule has 0 spiro atoms. The molecule has 4 rings (SSSR count). The van der Waals surface area contributed by atoms with E-state index in [9.17, 15) is 42.0 Å². The van der Waals surface area contributed by atoms with Crippen LogP contribution in [0.5, 0.6) is 0 Å². The summed E-state index contributed by atoms with van der Waals surface area (Å²) in [6.45, 7) is 4.71. The highest BCUT2D eigenvalue weighted by atomic mass is 32.2. The van der Waals surface area contributed by atoms with E-state index in [2.05, 4.69) is 31.3 Å². The van der Waals surface area contributed by atoms with Gasteiger partial charge in [-0.2, -0.15) is 0 Å². The molecule has 322 valence electrons. The number of benzene rings is 2. The number of sulfonamides is 1. The smallest absolute Gasteiger partial charge is 0.407 e. The van der Waals surface area contributed by atoms with Crippen LogP contribution in [0.3, 0.4) is 0 Å². The van der Waals surface area contributed by atoms with Crippen LogP contribution in [-0.2, 0) is 43.5 Å². The van der Waals surface area contributed by atoms with Gasteiger partial charge >= 0.3 is 6.09 Å². The minimum absolute atomic E-state index is 0.0158. The maximum atomic E-state index is 14.5. The lowest BCUT2D eigenvalue weighted by molar-refractivity contribution is -0.143. The Labute approximate surface area is 345 Å². The maximum absolute atomic E-state index is 14.5. The standard InChI is InChI=1S/C41H57N7O10S/c1-5-15-31(36(50)39(53)43-23-33(49)45-34(38(52)42-4)27-16-9-6-10-17-27)44-37(51)32-22-29(47-59(56,57)30-20-13-8-14-21-30)24-48(32)40(54)35(28-18-11-7-12-19-28)46-41(55)58-25-26(2)3/h6,8-10,13-14,16-17,20-21,26,28-29,31-32,34-35,47H,5,7,11-12,15,18-19,22-25H2,1-4H3,(H,42,52)(H,43,53)(H,44,51)(H,45,49)(H,46,55). The number of rotatable bonds is 19. The zero-order chi connectivity index (χ0) is 43.1. The molecule has 18 heteroatoms. The van der Waals surface area contributed by atoms with Gasteiger partial charge < -0.3 is 36.2 Å². The van der Waals surface area contributed by atoms with Gasteiger partial charge in [-0.15, -0.1) is 0 Å². The second kappa shape index (κ2) is 22.1. The largest absolute Gasteiger partial charge is 0.449 e. The Bertz CT molecular complexity index is 1890. The Kier molecular flexibility index (Phi) is 17.4. The van der Waals surface area contributed by atoms with E-state index >= 15 is 0 Å². The fourth-order valence-corrected chi connectivity index (χ4v) is 8.53. The number of likely N-dealkylation sites (tertiary alicyclic amines) is 1. The molecule has 1 saturated carbocycles. The number of Topliss-reactive ketones (excluding diaryl/α,β-unsaturated/α-hetero) is 1. The molecule has 1 aliphatic carbocycles. The molecule has 5 atom stereocenters. The molecular weight excluding hydrogens is 783 g/mol.